The van der Waals surface area contributed by atoms with Gasteiger partial charge < -0.3 is 0 Å². The van der Waals surface area contributed by atoms with Crippen LogP contribution in [0.3, 0.4) is 0 Å². The molecule has 0 aromatic heterocycles. The average molecular weight is 378 g/mol. The number of benzene rings is 2. The topological polar surface area (TPSA) is 46.2 Å². The number of sulfonamides is 1. The Bertz CT molecular complexity index is 849. The smallest absolute Gasteiger partial charge is 0.212 e. The maximum absolute atomic E-state index is 12.6. The Morgan fingerprint density at radius 2 is 1.80 bits per heavy atom. The summed E-state index contributed by atoms with van der Waals surface area (Å²) in [5.74, 6) is -0.103. The zero-order valence-corrected chi connectivity index (χ0v) is 16.0. The van der Waals surface area contributed by atoms with Crippen molar-refractivity contribution < 1.29 is 8.42 Å². The average Bonchev–Trinajstić information content (AvgIpc) is 2.61. The summed E-state index contributed by atoms with van der Waals surface area (Å²) in [5, 5.41) is 0.481. The lowest BCUT2D eigenvalue weighted by molar-refractivity contribution is 0.548. The fourth-order valence-corrected chi connectivity index (χ4v) is 5.20. The molecule has 2 aromatic rings. The van der Waals surface area contributed by atoms with E-state index in [0.29, 0.717) is 17.0 Å². The summed E-state index contributed by atoms with van der Waals surface area (Å²) >= 11 is 6.10. The summed E-state index contributed by atoms with van der Waals surface area (Å²) in [6.45, 7) is 2.00. The maximum atomic E-state index is 12.6. The molecule has 1 aliphatic carbocycles. The number of nitrogens with one attached hydrogen (secondary N) is 1. The number of hydrogen-bond donors (Lipinski definition) is 1. The number of halogens is 1. The van der Waals surface area contributed by atoms with Gasteiger partial charge in [0.15, 0.2) is 0 Å². The highest BCUT2D eigenvalue weighted by molar-refractivity contribution is 7.88. The quantitative estimate of drug-likeness (QED) is 0.786. The lowest BCUT2D eigenvalue weighted by atomic mass is 9.89. The molecule has 0 spiro atoms. The molecule has 3 rings (SSSR count). The van der Waals surface area contributed by atoms with Crippen molar-refractivity contribution in [2.75, 3.05) is 0 Å². The molecule has 5 heteroatoms. The lowest BCUT2D eigenvalue weighted by Gasteiger charge is -2.22. The number of aryl methyl sites for hydroxylation is 2. The van der Waals surface area contributed by atoms with Gasteiger partial charge in [0.05, 0.1) is 5.75 Å². The highest BCUT2D eigenvalue weighted by atomic mass is 35.5. The minimum atomic E-state index is -3.47. The molecule has 0 aliphatic heterocycles. The van der Waals surface area contributed by atoms with Gasteiger partial charge in [-0.1, -0.05) is 54.9 Å². The van der Waals surface area contributed by atoms with E-state index in [1.54, 1.807) is 24.3 Å². The van der Waals surface area contributed by atoms with Crippen LogP contribution in [-0.2, 0) is 28.6 Å². The number of rotatable bonds is 6. The van der Waals surface area contributed by atoms with Crippen LogP contribution in [0.4, 0.5) is 0 Å². The van der Waals surface area contributed by atoms with E-state index in [0.717, 1.165) is 18.4 Å². The molecule has 0 heterocycles. The third-order valence-corrected chi connectivity index (χ3v) is 6.51. The molecule has 1 aliphatic rings. The maximum Gasteiger partial charge on any atom is 0.216 e. The van der Waals surface area contributed by atoms with Crippen molar-refractivity contribution in [2.45, 2.75) is 50.8 Å². The van der Waals surface area contributed by atoms with Gasteiger partial charge >= 0.3 is 0 Å². The van der Waals surface area contributed by atoms with E-state index >= 15 is 0 Å². The van der Waals surface area contributed by atoms with Gasteiger partial charge in [0.2, 0.25) is 10.0 Å². The van der Waals surface area contributed by atoms with Crippen molar-refractivity contribution in [3.8, 4) is 0 Å². The van der Waals surface area contributed by atoms with Crippen molar-refractivity contribution in [1.82, 2.24) is 4.72 Å². The van der Waals surface area contributed by atoms with Crippen molar-refractivity contribution in [2.24, 2.45) is 0 Å². The van der Waals surface area contributed by atoms with Crippen LogP contribution in [0, 0.1) is 0 Å². The highest BCUT2D eigenvalue weighted by Gasteiger charge is 2.21. The monoisotopic (exact) mass is 377 g/mol. The van der Waals surface area contributed by atoms with E-state index in [1.165, 1.54) is 24.0 Å². The lowest BCUT2D eigenvalue weighted by Crippen LogP contribution is -2.29. The first kappa shape index (κ1) is 18.4. The van der Waals surface area contributed by atoms with Crippen LogP contribution >= 0.6 is 11.6 Å². The molecule has 0 saturated carbocycles. The van der Waals surface area contributed by atoms with Gasteiger partial charge in [-0.2, -0.15) is 0 Å². The first-order chi connectivity index (χ1) is 12.0. The van der Waals surface area contributed by atoms with Crippen LogP contribution < -0.4 is 4.72 Å². The summed E-state index contributed by atoms with van der Waals surface area (Å²) in [6.07, 6.45) is 5.39. The first-order valence-electron chi connectivity index (χ1n) is 8.83. The van der Waals surface area contributed by atoms with Crippen LogP contribution in [0.2, 0.25) is 5.02 Å². The molecule has 0 fully saturated rings. The van der Waals surface area contributed by atoms with Gasteiger partial charge in [0.25, 0.3) is 0 Å². The second kappa shape index (κ2) is 7.90. The van der Waals surface area contributed by atoms with Crippen LogP contribution in [0.1, 0.15) is 54.5 Å². The van der Waals surface area contributed by atoms with Gasteiger partial charge in [-0.15, -0.1) is 0 Å². The van der Waals surface area contributed by atoms with Crippen LogP contribution in [-0.4, -0.2) is 8.42 Å². The zero-order valence-electron chi connectivity index (χ0n) is 14.5. The molecule has 1 unspecified atom stereocenters. The van der Waals surface area contributed by atoms with Crippen LogP contribution in [0.5, 0.6) is 0 Å². The Balaban J connectivity index is 1.78. The van der Waals surface area contributed by atoms with Crippen molar-refractivity contribution in [3.63, 3.8) is 0 Å². The molecule has 25 heavy (non-hydrogen) atoms. The van der Waals surface area contributed by atoms with E-state index in [-0.39, 0.29) is 11.8 Å². The molecule has 134 valence electrons. The summed E-state index contributed by atoms with van der Waals surface area (Å²) in [7, 11) is -3.47. The standard InChI is InChI=1S/C20H24ClNO2S/c1-2-20(17-12-11-15-7-3-4-8-16(15)13-17)22-25(23,24)14-18-9-5-6-10-19(18)21/h5-6,9-13,20,22H,2-4,7-8,14H2,1H3. The fraction of sp³-hybridized carbons (Fsp3) is 0.400. The van der Waals surface area contributed by atoms with E-state index in [2.05, 4.69) is 22.9 Å². The normalized spacial score (nSPS) is 15.6. The summed E-state index contributed by atoms with van der Waals surface area (Å²) in [6, 6.07) is 13.3. The Labute approximate surface area is 155 Å². The molecule has 1 N–H and O–H groups in total. The van der Waals surface area contributed by atoms with Crippen LogP contribution in [0.15, 0.2) is 42.5 Å². The second-order valence-corrected chi connectivity index (χ2v) is 8.83. The second-order valence-electron chi connectivity index (χ2n) is 6.66. The largest absolute Gasteiger partial charge is 0.216 e. The Kier molecular flexibility index (Phi) is 5.82. The van der Waals surface area contributed by atoms with Crippen molar-refractivity contribution in [1.29, 1.82) is 0 Å². The van der Waals surface area contributed by atoms with Gasteiger partial charge in [0.1, 0.15) is 0 Å². The minimum absolute atomic E-state index is 0.103. The first-order valence-corrected chi connectivity index (χ1v) is 10.9. The van der Waals surface area contributed by atoms with Gasteiger partial charge in [-0.25, -0.2) is 13.1 Å². The van der Waals surface area contributed by atoms with Gasteiger partial charge in [-0.3, -0.25) is 0 Å². The van der Waals surface area contributed by atoms with E-state index in [4.69, 9.17) is 11.6 Å². The minimum Gasteiger partial charge on any atom is -0.212 e. The van der Waals surface area contributed by atoms with Crippen LogP contribution in [0.25, 0.3) is 0 Å². The summed E-state index contributed by atoms with van der Waals surface area (Å²) < 4.78 is 28.1. The fourth-order valence-electron chi connectivity index (χ4n) is 3.44. The molecule has 0 saturated heterocycles. The van der Waals surface area contributed by atoms with Crippen molar-refractivity contribution >= 4 is 21.6 Å². The number of hydrogen-bond acceptors (Lipinski definition) is 2. The number of fused-ring (bicyclic) bond motifs is 1. The van der Waals surface area contributed by atoms with Crippen molar-refractivity contribution in [3.05, 3.63) is 69.7 Å². The Morgan fingerprint density at radius 1 is 1.08 bits per heavy atom. The zero-order chi connectivity index (χ0) is 17.9. The van der Waals surface area contributed by atoms with E-state index in [9.17, 15) is 8.42 Å². The highest BCUT2D eigenvalue weighted by Crippen LogP contribution is 2.27. The Hall–Kier alpha value is -1.36. The summed E-state index contributed by atoms with van der Waals surface area (Å²) in [4.78, 5) is 0. The molecule has 0 radical (unpaired) electrons. The SMILES string of the molecule is CCC(NS(=O)(=O)Cc1ccccc1Cl)c1ccc2c(c1)CCCC2. The van der Waals surface area contributed by atoms with E-state index in [1.807, 2.05) is 6.92 Å². The predicted octanol–water partition coefficient (Wildman–Crippen LogP) is 4.79. The molecule has 0 amide bonds. The molecule has 3 nitrogen and oxygen atoms in total. The molecular weight excluding hydrogens is 354 g/mol. The van der Waals surface area contributed by atoms with E-state index < -0.39 is 10.0 Å². The third kappa shape index (κ3) is 4.63. The predicted molar refractivity (Wildman–Crippen MR) is 103 cm³/mol. The molecule has 2 aromatic carbocycles. The molecule has 1 atom stereocenters. The molecule has 0 bridgehead atoms. The van der Waals surface area contributed by atoms with Gasteiger partial charge in [0, 0.05) is 11.1 Å². The van der Waals surface area contributed by atoms with Gasteiger partial charge in [-0.05, 0) is 60.4 Å². The summed E-state index contributed by atoms with van der Waals surface area (Å²) in [5.41, 5.74) is 4.44. The third-order valence-electron chi connectivity index (χ3n) is 4.81. The Morgan fingerprint density at radius 3 is 2.52 bits per heavy atom. The molecular formula is C20H24ClNO2S.